The molecule has 0 saturated heterocycles. The first-order chi connectivity index (χ1) is 31.4. The van der Waals surface area contributed by atoms with Crippen LogP contribution in [0.2, 0.25) is 0 Å². The fourth-order valence-corrected chi connectivity index (χ4v) is 6.31. The fourth-order valence-electron chi connectivity index (χ4n) is 6.31. The Labute approximate surface area is 366 Å². The average Bonchev–Trinajstić information content (AvgIpc) is 4.15. The SMILES string of the molecule is CN(CCC(=O)O)c1nc(-c2cc(-c3ccon3)n(Cc3ccccc3F)n2)ncc1F.COC(=O)CCN(C)c1nc(-c2cc(-c3ccon3)n(Cc3ccccc3F)n2)ncc1F. The first kappa shape index (κ1) is 44.7. The molecule has 6 aromatic heterocycles. The minimum Gasteiger partial charge on any atom is -0.481 e. The van der Waals surface area contributed by atoms with Crippen LogP contribution >= 0.6 is 0 Å². The lowest BCUT2D eigenvalue weighted by Gasteiger charge is -2.18. The second kappa shape index (κ2) is 20.3. The Morgan fingerprint density at radius 3 is 1.49 bits per heavy atom. The summed E-state index contributed by atoms with van der Waals surface area (Å²) in [6.07, 6.45) is 4.75. The van der Waals surface area contributed by atoms with E-state index in [9.17, 15) is 27.2 Å². The van der Waals surface area contributed by atoms with E-state index in [1.54, 1.807) is 72.4 Å². The van der Waals surface area contributed by atoms with Crippen LogP contribution in [0.1, 0.15) is 24.0 Å². The first-order valence-electron chi connectivity index (χ1n) is 19.6. The molecule has 8 aromatic rings. The topological polar surface area (TPSA) is 209 Å². The van der Waals surface area contributed by atoms with Gasteiger partial charge in [-0.05, 0) is 24.3 Å². The molecule has 0 atom stereocenters. The number of aromatic nitrogens is 10. The van der Waals surface area contributed by atoms with Crippen molar-refractivity contribution in [2.75, 3.05) is 44.1 Å². The van der Waals surface area contributed by atoms with Crippen LogP contribution < -0.4 is 9.80 Å². The number of rotatable bonds is 16. The Kier molecular flexibility index (Phi) is 13.9. The number of anilines is 2. The Bertz CT molecular complexity index is 2890. The maximum absolute atomic E-state index is 14.4. The van der Waals surface area contributed by atoms with Gasteiger partial charge in [0.2, 0.25) is 0 Å². The van der Waals surface area contributed by atoms with Crippen LogP contribution in [-0.2, 0) is 27.4 Å². The Morgan fingerprint density at radius 2 is 1.09 bits per heavy atom. The molecule has 65 heavy (non-hydrogen) atoms. The number of methoxy groups -OCH3 is 1. The number of carboxylic acid groups (broad SMARTS) is 1. The number of halogens is 4. The average molecular weight is 895 g/mol. The molecule has 2 aromatic carbocycles. The molecular weight excluding hydrogens is 857 g/mol. The summed E-state index contributed by atoms with van der Waals surface area (Å²) in [6, 6.07) is 19.3. The monoisotopic (exact) mass is 894 g/mol. The van der Waals surface area contributed by atoms with Crippen LogP contribution in [0.25, 0.3) is 45.8 Å². The van der Waals surface area contributed by atoms with Crippen molar-refractivity contribution in [1.82, 2.24) is 49.8 Å². The second-order valence-electron chi connectivity index (χ2n) is 14.1. The molecule has 0 bridgehead atoms. The predicted molar refractivity (Wildman–Crippen MR) is 224 cm³/mol. The summed E-state index contributed by atoms with van der Waals surface area (Å²) in [5.41, 5.74) is 3.55. The van der Waals surface area contributed by atoms with Crippen molar-refractivity contribution in [2.24, 2.45) is 0 Å². The maximum atomic E-state index is 14.4. The van der Waals surface area contributed by atoms with E-state index in [1.807, 2.05) is 0 Å². The van der Waals surface area contributed by atoms with Gasteiger partial charge in [0.05, 0.1) is 56.8 Å². The molecule has 0 fully saturated rings. The van der Waals surface area contributed by atoms with E-state index in [2.05, 4.69) is 45.2 Å². The lowest BCUT2D eigenvalue weighted by Crippen LogP contribution is -2.24. The standard InChI is InChI=1S/C22H20F2N6O3.C21H18F2N6O3/c1-29(9-7-20(31)32-2)22-16(24)12-25-21(26-22)18-11-19(17-8-10-33-28-17)30(27-18)13-14-5-3-4-6-15(14)23;1-28(8-6-19(30)31)21-15(23)11-24-20(25-21)17-10-18(16-7-9-32-27-16)29(26-17)12-13-4-2-3-5-14(13)22/h3-6,8,10-12H,7,9,13H2,1-2H3;2-5,7,9-11H,6,8,12H2,1H3,(H,30,31). The predicted octanol–water partition coefficient (Wildman–Crippen LogP) is 6.55. The van der Waals surface area contributed by atoms with Crippen molar-refractivity contribution in [1.29, 1.82) is 0 Å². The van der Waals surface area contributed by atoms with E-state index < -0.39 is 23.6 Å². The van der Waals surface area contributed by atoms with Crippen molar-refractivity contribution in [3.05, 3.63) is 132 Å². The van der Waals surface area contributed by atoms with Gasteiger partial charge in [0.25, 0.3) is 0 Å². The van der Waals surface area contributed by atoms with Gasteiger partial charge in [0.1, 0.15) is 46.9 Å². The number of aliphatic carboxylic acids is 1. The smallest absolute Gasteiger partial charge is 0.307 e. The number of ether oxygens (including phenoxy) is 1. The molecule has 0 aliphatic rings. The first-order valence-corrected chi connectivity index (χ1v) is 19.6. The van der Waals surface area contributed by atoms with E-state index >= 15 is 0 Å². The number of carbonyl (C=O) groups excluding carboxylic acids is 1. The maximum Gasteiger partial charge on any atom is 0.307 e. The summed E-state index contributed by atoms with van der Waals surface area (Å²) in [4.78, 5) is 41.8. The number of hydrogen-bond acceptors (Lipinski definition) is 15. The fraction of sp³-hybridized carbons (Fsp3) is 0.209. The highest BCUT2D eigenvalue weighted by molar-refractivity contribution is 5.70. The van der Waals surface area contributed by atoms with Crippen LogP contribution in [0.4, 0.5) is 29.2 Å². The van der Waals surface area contributed by atoms with E-state index in [0.29, 0.717) is 45.3 Å². The molecule has 0 spiro atoms. The summed E-state index contributed by atoms with van der Waals surface area (Å²) in [6.45, 7) is 0.504. The zero-order valence-corrected chi connectivity index (χ0v) is 34.8. The van der Waals surface area contributed by atoms with Crippen LogP contribution in [0.15, 0.2) is 107 Å². The number of hydrogen-bond donors (Lipinski definition) is 1. The summed E-state index contributed by atoms with van der Waals surface area (Å²) in [7, 11) is 4.43. The molecular formula is C43H38F4N12O6. The van der Waals surface area contributed by atoms with Gasteiger partial charge in [-0.3, -0.25) is 19.0 Å². The van der Waals surface area contributed by atoms with Gasteiger partial charge in [-0.15, -0.1) is 0 Å². The lowest BCUT2D eigenvalue weighted by molar-refractivity contribution is -0.140. The van der Waals surface area contributed by atoms with Gasteiger partial charge in [-0.2, -0.15) is 10.2 Å². The van der Waals surface area contributed by atoms with E-state index in [1.165, 1.54) is 53.3 Å². The van der Waals surface area contributed by atoms with Gasteiger partial charge in [-0.1, -0.05) is 46.7 Å². The van der Waals surface area contributed by atoms with Gasteiger partial charge >= 0.3 is 11.9 Å². The van der Waals surface area contributed by atoms with Crippen LogP contribution in [0.5, 0.6) is 0 Å². The molecule has 22 heteroatoms. The molecule has 6 heterocycles. The van der Waals surface area contributed by atoms with Gasteiger partial charge < -0.3 is 28.7 Å². The number of carbonyl (C=O) groups is 2. The lowest BCUT2D eigenvalue weighted by atomic mass is 10.2. The molecule has 18 nitrogen and oxygen atoms in total. The third-order valence-electron chi connectivity index (χ3n) is 9.69. The molecule has 8 rings (SSSR count). The quantitative estimate of drug-likeness (QED) is 0.0805. The van der Waals surface area contributed by atoms with Gasteiger partial charge in [0, 0.05) is 50.4 Å². The summed E-state index contributed by atoms with van der Waals surface area (Å²) >= 11 is 0. The van der Waals surface area contributed by atoms with Crippen molar-refractivity contribution in [3.8, 4) is 45.8 Å². The van der Waals surface area contributed by atoms with Crippen molar-refractivity contribution in [3.63, 3.8) is 0 Å². The number of benzene rings is 2. The molecule has 0 radical (unpaired) electrons. The van der Waals surface area contributed by atoms with Crippen LogP contribution in [0, 0.1) is 23.3 Å². The van der Waals surface area contributed by atoms with Crippen molar-refractivity contribution >= 4 is 23.6 Å². The summed E-state index contributed by atoms with van der Waals surface area (Å²) < 4.78 is 74.7. The molecule has 0 aliphatic carbocycles. The largest absolute Gasteiger partial charge is 0.481 e. The highest BCUT2D eigenvalue weighted by atomic mass is 19.1. The second-order valence-corrected chi connectivity index (χ2v) is 14.1. The Hall–Kier alpha value is -8.30. The van der Waals surface area contributed by atoms with Gasteiger partial charge in [-0.25, -0.2) is 37.5 Å². The molecule has 0 saturated carbocycles. The normalized spacial score (nSPS) is 10.9. The number of nitrogens with zero attached hydrogens (tertiary/aromatic N) is 12. The summed E-state index contributed by atoms with van der Waals surface area (Å²) in [5.74, 6) is -3.26. The van der Waals surface area contributed by atoms with E-state index in [0.717, 1.165) is 12.4 Å². The van der Waals surface area contributed by atoms with Crippen LogP contribution in [0.3, 0.4) is 0 Å². The zero-order valence-electron chi connectivity index (χ0n) is 34.8. The highest BCUT2D eigenvalue weighted by Crippen LogP contribution is 2.28. The molecule has 0 unspecified atom stereocenters. The minimum atomic E-state index is -1.00. The van der Waals surface area contributed by atoms with Gasteiger partial charge in [0.15, 0.2) is 34.9 Å². The molecule has 1 N–H and O–H groups in total. The third kappa shape index (κ3) is 10.8. The Balaban J connectivity index is 0.000000194. The van der Waals surface area contributed by atoms with E-state index in [4.69, 9.17) is 14.2 Å². The van der Waals surface area contributed by atoms with Crippen molar-refractivity contribution < 1.29 is 46.0 Å². The Morgan fingerprint density at radius 1 is 0.646 bits per heavy atom. The highest BCUT2D eigenvalue weighted by Gasteiger charge is 2.22. The summed E-state index contributed by atoms with van der Waals surface area (Å²) in [5, 5.41) is 25.7. The van der Waals surface area contributed by atoms with Crippen molar-refractivity contribution in [2.45, 2.75) is 25.9 Å². The zero-order chi connectivity index (χ0) is 46.0. The van der Waals surface area contributed by atoms with E-state index in [-0.39, 0.29) is 73.9 Å². The number of carboxylic acids is 1. The molecule has 0 amide bonds. The van der Waals surface area contributed by atoms with Crippen LogP contribution in [-0.4, -0.2) is 101 Å². The minimum absolute atomic E-state index is 0.00976. The number of esters is 1. The molecule has 334 valence electrons. The molecule has 0 aliphatic heterocycles. The third-order valence-corrected chi connectivity index (χ3v) is 9.69.